The number of carbonyl (C=O) groups is 3. The van der Waals surface area contributed by atoms with Crippen LogP contribution in [0.3, 0.4) is 0 Å². The molecule has 0 bridgehead atoms. The minimum atomic E-state index is -0.516. The van der Waals surface area contributed by atoms with Crippen LogP contribution in [0.2, 0.25) is 0 Å². The van der Waals surface area contributed by atoms with Crippen LogP contribution in [0.1, 0.15) is 35.7 Å². The van der Waals surface area contributed by atoms with E-state index in [0.29, 0.717) is 24.2 Å². The van der Waals surface area contributed by atoms with Gasteiger partial charge in [-0.25, -0.2) is 0 Å². The van der Waals surface area contributed by atoms with E-state index in [2.05, 4.69) is 4.74 Å². The van der Waals surface area contributed by atoms with Crippen molar-refractivity contribution in [2.45, 2.75) is 26.2 Å². The van der Waals surface area contributed by atoms with Gasteiger partial charge in [-0.05, 0) is 30.5 Å². The predicted octanol–water partition coefficient (Wildman–Crippen LogP) is 1.73. The van der Waals surface area contributed by atoms with E-state index in [9.17, 15) is 14.4 Å². The van der Waals surface area contributed by atoms with Crippen molar-refractivity contribution >= 4 is 23.3 Å². The maximum absolute atomic E-state index is 12.0. The summed E-state index contributed by atoms with van der Waals surface area (Å²) in [6.07, 6.45) is 1.52. The average Bonchev–Trinajstić information content (AvgIpc) is 2.71. The van der Waals surface area contributed by atoms with Crippen molar-refractivity contribution in [3.8, 4) is 0 Å². The highest BCUT2D eigenvalue weighted by Crippen LogP contribution is 2.30. The maximum atomic E-state index is 12.0. The van der Waals surface area contributed by atoms with Gasteiger partial charge in [0.2, 0.25) is 0 Å². The molecule has 0 unspecified atom stereocenters. The molecule has 1 aliphatic heterocycles. The molecule has 1 aromatic carbocycles. The van der Waals surface area contributed by atoms with Crippen LogP contribution in [0, 0.1) is 0 Å². The summed E-state index contributed by atoms with van der Waals surface area (Å²) < 4.78 is 4.55. The fourth-order valence-electron chi connectivity index (χ4n) is 2.27. The molecule has 5 heteroatoms. The second-order valence-electron chi connectivity index (χ2n) is 4.67. The monoisotopic (exact) mass is 275 g/mol. The smallest absolute Gasteiger partial charge is 0.305 e. The van der Waals surface area contributed by atoms with Gasteiger partial charge in [-0.2, -0.15) is 0 Å². The SMILES string of the molecule is CCc1ccc2c(c1)C(=O)C(=O)N2CCCC(=O)OC. The van der Waals surface area contributed by atoms with Crippen molar-refractivity contribution in [1.29, 1.82) is 0 Å². The molecule has 2 rings (SSSR count). The maximum Gasteiger partial charge on any atom is 0.305 e. The van der Waals surface area contributed by atoms with Crippen molar-refractivity contribution in [1.82, 2.24) is 0 Å². The van der Waals surface area contributed by atoms with Crippen molar-refractivity contribution in [3.63, 3.8) is 0 Å². The average molecular weight is 275 g/mol. The molecule has 1 aliphatic rings. The first kappa shape index (κ1) is 14.2. The quantitative estimate of drug-likeness (QED) is 0.606. The molecular formula is C15H17NO4. The normalized spacial score (nSPS) is 13.6. The number of fused-ring (bicyclic) bond motifs is 1. The zero-order valence-electron chi connectivity index (χ0n) is 11.6. The van der Waals surface area contributed by atoms with Gasteiger partial charge in [-0.3, -0.25) is 14.4 Å². The molecule has 106 valence electrons. The molecule has 0 saturated carbocycles. The number of hydrogen-bond donors (Lipinski definition) is 0. The molecule has 0 N–H and O–H groups in total. The Kier molecular flexibility index (Phi) is 4.17. The molecule has 0 aliphatic carbocycles. The van der Waals surface area contributed by atoms with E-state index < -0.39 is 11.7 Å². The number of aryl methyl sites for hydroxylation is 1. The summed E-state index contributed by atoms with van der Waals surface area (Å²) >= 11 is 0. The van der Waals surface area contributed by atoms with Gasteiger partial charge in [0.25, 0.3) is 11.7 Å². The lowest BCUT2D eigenvalue weighted by molar-refractivity contribution is -0.140. The lowest BCUT2D eigenvalue weighted by atomic mass is 10.1. The van der Waals surface area contributed by atoms with Crippen LogP contribution in [0.15, 0.2) is 18.2 Å². The third kappa shape index (κ3) is 2.57. The van der Waals surface area contributed by atoms with Crippen LogP contribution >= 0.6 is 0 Å². The summed E-state index contributed by atoms with van der Waals surface area (Å²) in [6, 6.07) is 5.49. The number of benzene rings is 1. The largest absolute Gasteiger partial charge is 0.469 e. The van der Waals surface area contributed by atoms with Crippen molar-refractivity contribution in [2.75, 3.05) is 18.6 Å². The van der Waals surface area contributed by atoms with Crippen LogP contribution in [-0.2, 0) is 20.7 Å². The van der Waals surface area contributed by atoms with Gasteiger partial charge in [-0.1, -0.05) is 13.0 Å². The summed E-state index contributed by atoms with van der Waals surface area (Å²) in [4.78, 5) is 36.4. The van der Waals surface area contributed by atoms with Gasteiger partial charge in [-0.15, -0.1) is 0 Å². The Balaban J connectivity index is 2.14. The van der Waals surface area contributed by atoms with Gasteiger partial charge in [0.1, 0.15) is 0 Å². The highest BCUT2D eigenvalue weighted by Gasteiger charge is 2.35. The Morgan fingerprint density at radius 1 is 1.30 bits per heavy atom. The highest BCUT2D eigenvalue weighted by atomic mass is 16.5. The zero-order chi connectivity index (χ0) is 14.7. The molecule has 0 radical (unpaired) electrons. The first-order valence-electron chi connectivity index (χ1n) is 6.64. The number of methoxy groups -OCH3 is 1. The summed E-state index contributed by atoms with van der Waals surface area (Å²) in [7, 11) is 1.33. The van der Waals surface area contributed by atoms with Crippen LogP contribution in [0.5, 0.6) is 0 Å². The lowest BCUT2D eigenvalue weighted by Gasteiger charge is -2.16. The van der Waals surface area contributed by atoms with E-state index in [4.69, 9.17) is 0 Å². The number of rotatable bonds is 5. The van der Waals surface area contributed by atoms with E-state index in [1.165, 1.54) is 12.0 Å². The number of nitrogens with zero attached hydrogens (tertiary/aromatic N) is 1. The number of Topliss-reactive ketones (excluding diaryl/α,β-unsaturated/α-hetero) is 1. The third-order valence-corrected chi connectivity index (χ3v) is 3.43. The van der Waals surface area contributed by atoms with Gasteiger partial charge in [0, 0.05) is 13.0 Å². The molecule has 1 heterocycles. The Bertz CT molecular complexity index is 565. The number of anilines is 1. The number of esters is 1. The molecule has 1 aromatic rings. The minimum Gasteiger partial charge on any atom is -0.469 e. The Labute approximate surface area is 117 Å². The number of ketones is 1. The summed E-state index contributed by atoms with van der Waals surface area (Å²) in [5.41, 5.74) is 2.13. The third-order valence-electron chi connectivity index (χ3n) is 3.43. The Morgan fingerprint density at radius 3 is 2.70 bits per heavy atom. The van der Waals surface area contributed by atoms with E-state index in [1.807, 2.05) is 13.0 Å². The van der Waals surface area contributed by atoms with Gasteiger partial charge < -0.3 is 9.64 Å². The van der Waals surface area contributed by atoms with Crippen LogP contribution in [0.4, 0.5) is 5.69 Å². The predicted molar refractivity (Wildman–Crippen MR) is 73.8 cm³/mol. The van der Waals surface area contributed by atoms with Crippen LogP contribution in [0.25, 0.3) is 0 Å². The molecule has 0 fully saturated rings. The Hall–Kier alpha value is -2.17. The number of amides is 1. The molecule has 0 saturated heterocycles. The zero-order valence-corrected chi connectivity index (χ0v) is 11.6. The minimum absolute atomic E-state index is 0.233. The molecule has 0 atom stereocenters. The van der Waals surface area contributed by atoms with Gasteiger partial charge in [0.15, 0.2) is 0 Å². The summed E-state index contributed by atoms with van der Waals surface area (Å²) in [5, 5.41) is 0. The topological polar surface area (TPSA) is 63.7 Å². The first-order valence-corrected chi connectivity index (χ1v) is 6.64. The van der Waals surface area contributed by atoms with Crippen molar-refractivity contribution in [2.24, 2.45) is 0 Å². The number of hydrogen-bond acceptors (Lipinski definition) is 4. The van der Waals surface area contributed by atoms with E-state index in [1.54, 1.807) is 12.1 Å². The Morgan fingerprint density at radius 2 is 2.05 bits per heavy atom. The number of ether oxygens (including phenoxy) is 1. The van der Waals surface area contributed by atoms with Crippen LogP contribution < -0.4 is 4.90 Å². The molecular weight excluding hydrogens is 258 g/mol. The fourth-order valence-corrected chi connectivity index (χ4v) is 2.27. The molecule has 5 nitrogen and oxygen atoms in total. The molecule has 0 spiro atoms. The van der Waals surface area contributed by atoms with E-state index in [0.717, 1.165) is 12.0 Å². The van der Waals surface area contributed by atoms with Crippen molar-refractivity contribution < 1.29 is 19.1 Å². The van der Waals surface area contributed by atoms with Gasteiger partial charge >= 0.3 is 5.97 Å². The standard InChI is InChI=1S/C15H17NO4/c1-3-10-6-7-12-11(9-10)14(18)15(19)16(12)8-4-5-13(17)20-2/h6-7,9H,3-5,8H2,1-2H3. The summed E-state index contributed by atoms with van der Waals surface area (Å²) in [5.74, 6) is -1.30. The molecule has 20 heavy (non-hydrogen) atoms. The molecule has 1 amide bonds. The fraction of sp³-hybridized carbons (Fsp3) is 0.400. The number of carbonyl (C=O) groups excluding carboxylic acids is 3. The van der Waals surface area contributed by atoms with E-state index >= 15 is 0 Å². The highest BCUT2D eigenvalue weighted by molar-refractivity contribution is 6.52. The van der Waals surface area contributed by atoms with Gasteiger partial charge in [0.05, 0.1) is 18.4 Å². The first-order chi connectivity index (χ1) is 9.58. The lowest BCUT2D eigenvalue weighted by Crippen LogP contribution is -2.31. The second kappa shape index (κ2) is 5.86. The second-order valence-corrected chi connectivity index (χ2v) is 4.67. The van der Waals surface area contributed by atoms with Crippen LogP contribution in [-0.4, -0.2) is 31.3 Å². The summed E-state index contributed by atoms with van der Waals surface area (Å²) in [6.45, 7) is 2.34. The molecule has 0 aromatic heterocycles. The van der Waals surface area contributed by atoms with Crippen molar-refractivity contribution in [3.05, 3.63) is 29.3 Å². The van der Waals surface area contributed by atoms with E-state index in [-0.39, 0.29) is 12.4 Å².